The van der Waals surface area contributed by atoms with Gasteiger partial charge in [0.15, 0.2) is 0 Å². The number of Topliss-reactive ketones (excluding diaryl/α,β-unsaturated/α-hetero) is 1. The highest BCUT2D eigenvalue weighted by Gasteiger charge is 2.65. The van der Waals surface area contributed by atoms with E-state index in [1.54, 1.807) is 18.3 Å². The van der Waals surface area contributed by atoms with E-state index in [4.69, 9.17) is 0 Å². The first-order valence-corrected chi connectivity index (χ1v) is 13.6. The van der Waals surface area contributed by atoms with Crippen molar-refractivity contribution in [3.8, 4) is 16.9 Å². The molecule has 202 valence electrons. The summed E-state index contributed by atoms with van der Waals surface area (Å²) in [4.78, 5) is 42.0. The average molecular weight is 528 g/mol. The lowest BCUT2D eigenvalue weighted by Crippen LogP contribution is -2.72. The van der Waals surface area contributed by atoms with Gasteiger partial charge in [-0.3, -0.25) is 14.4 Å². The van der Waals surface area contributed by atoms with E-state index in [0.717, 1.165) is 28.8 Å². The van der Waals surface area contributed by atoms with E-state index in [9.17, 15) is 24.6 Å². The van der Waals surface area contributed by atoms with Gasteiger partial charge in [-0.1, -0.05) is 30.3 Å². The van der Waals surface area contributed by atoms with Crippen LogP contribution in [-0.4, -0.2) is 63.6 Å². The predicted molar refractivity (Wildman–Crippen MR) is 147 cm³/mol. The maximum atomic E-state index is 13.2. The molecule has 3 atom stereocenters. The second-order valence-corrected chi connectivity index (χ2v) is 11.3. The Bertz CT molecular complexity index is 1490. The molecule has 6 rings (SSSR count). The molecule has 1 amide bonds. The van der Waals surface area contributed by atoms with Gasteiger partial charge < -0.3 is 25.4 Å². The van der Waals surface area contributed by atoms with Crippen LogP contribution in [0.25, 0.3) is 11.1 Å². The van der Waals surface area contributed by atoms with Gasteiger partial charge in [0, 0.05) is 48.7 Å². The monoisotopic (exact) mass is 527 g/mol. The summed E-state index contributed by atoms with van der Waals surface area (Å²) in [6.07, 6.45) is 4.32. The lowest BCUT2D eigenvalue weighted by atomic mass is 9.49. The van der Waals surface area contributed by atoms with Crippen LogP contribution >= 0.6 is 0 Å². The van der Waals surface area contributed by atoms with Crippen LogP contribution in [0, 0.1) is 0 Å². The predicted octanol–water partition coefficient (Wildman–Crippen LogP) is 2.70. The van der Waals surface area contributed by atoms with Gasteiger partial charge in [-0.25, -0.2) is 0 Å². The van der Waals surface area contributed by atoms with Gasteiger partial charge in [0.1, 0.15) is 11.5 Å². The summed E-state index contributed by atoms with van der Waals surface area (Å²) in [5.41, 5.74) is 2.48. The second-order valence-electron chi connectivity index (χ2n) is 11.3. The van der Waals surface area contributed by atoms with Crippen molar-refractivity contribution < 1.29 is 19.8 Å². The largest absolute Gasteiger partial charge is 0.507 e. The average Bonchev–Trinajstić information content (AvgIpc) is 2.92. The quantitative estimate of drug-likeness (QED) is 0.405. The summed E-state index contributed by atoms with van der Waals surface area (Å²) in [5, 5.41) is 26.4. The van der Waals surface area contributed by atoms with Crippen molar-refractivity contribution in [2.24, 2.45) is 0 Å². The lowest BCUT2D eigenvalue weighted by Gasteiger charge is -2.62. The van der Waals surface area contributed by atoms with Crippen molar-refractivity contribution in [1.82, 2.24) is 15.2 Å². The maximum absolute atomic E-state index is 13.2. The van der Waals surface area contributed by atoms with Crippen LogP contribution in [0.5, 0.6) is 5.75 Å². The molecule has 1 saturated heterocycles. The Morgan fingerprint density at radius 3 is 2.59 bits per heavy atom. The number of phenolic OH excluding ortho intramolecular Hbond substituents is 1. The molecule has 1 aliphatic heterocycles. The summed E-state index contributed by atoms with van der Waals surface area (Å²) in [6.45, 7) is 1.10. The van der Waals surface area contributed by atoms with Crippen LogP contribution in [-0.2, 0) is 23.1 Å². The van der Waals surface area contributed by atoms with Crippen molar-refractivity contribution in [3.05, 3.63) is 87.3 Å². The zero-order valence-corrected chi connectivity index (χ0v) is 22.0. The molecule has 3 aliphatic rings. The number of carbonyl (C=O) groups excluding carboxylic acids is 2. The zero-order chi connectivity index (χ0) is 27.4. The SMILES string of the molecule is CN1CC[C@]23CC(=O)CC[C@@]2(O)[C@H]1Cc1ccc(C(=O)NCCc2ccc(-c4ccc(=O)[nH]c4)cc2)c(O)c13. The molecule has 0 unspecified atom stereocenters. The molecule has 0 spiro atoms. The lowest BCUT2D eigenvalue weighted by molar-refractivity contribution is -0.169. The number of carbonyl (C=O) groups is 2. The maximum Gasteiger partial charge on any atom is 0.255 e. The number of pyridine rings is 1. The Hall–Kier alpha value is -3.75. The molecule has 3 aromatic rings. The number of aliphatic hydroxyl groups is 1. The Morgan fingerprint density at radius 2 is 1.85 bits per heavy atom. The number of ketones is 1. The summed E-state index contributed by atoms with van der Waals surface area (Å²) < 4.78 is 0. The Balaban J connectivity index is 1.20. The van der Waals surface area contributed by atoms with Crippen molar-refractivity contribution >= 4 is 11.7 Å². The van der Waals surface area contributed by atoms with E-state index in [1.165, 1.54) is 6.07 Å². The number of hydrogen-bond donors (Lipinski definition) is 4. The van der Waals surface area contributed by atoms with Gasteiger partial charge in [0.2, 0.25) is 5.56 Å². The normalized spacial score (nSPS) is 26.0. The fraction of sp³-hybridized carbons (Fsp3) is 0.387. The molecule has 2 heterocycles. The summed E-state index contributed by atoms with van der Waals surface area (Å²) in [6, 6.07) is 14.6. The highest BCUT2D eigenvalue weighted by atomic mass is 16.3. The topological polar surface area (TPSA) is 123 Å². The number of aromatic hydroxyl groups is 1. The van der Waals surface area contributed by atoms with Crippen molar-refractivity contribution in [3.63, 3.8) is 0 Å². The number of aromatic nitrogens is 1. The Labute approximate surface area is 226 Å². The van der Waals surface area contributed by atoms with Crippen molar-refractivity contribution in [2.75, 3.05) is 20.1 Å². The molecular weight excluding hydrogens is 494 g/mol. The third-order valence-corrected chi connectivity index (χ3v) is 9.26. The van der Waals surface area contributed by atoms with Crippen LogP contribution in [0.4, 0.5) is 0 Å². The number of nitrogens with zero attached hydrogens (tertiary/aromatic N) is 1. The van der Waals surface area contributed by atoms with Gasteiger partial charge in [0.25, 0.3) is 5.91 Å². The third kappa shape index (κ3) is 4.10. The number of H-pyrrole nitrogens is 1. The number of fused-ring (bicyclic) bond motifs is 1. The zero-order valence-electron chi connectivity index (χ0n) is 22.0. The molecule has 8 heteroatoms. The first-order valence-electron chi connectivity index (χ1n) is 13.6. The highest BCUT2D eigenvalue weighted by Crippen LogP contribution is 2.59. The van der Waals surface area contributed by atoms with Gasteiger partial charge in [-0.2, -0.15) is 0 Å². The minimum absolute atomic E-state index is 0.0941. The number of aromatic amines is 1. The number of benzene rings is 2. The molecule has 39 heavy (non-hydrogen) atoms. The van der Waals surface area contributed by atoms with E-state index in [0.29, 0.717) is 44.2 Å². The summed E-state index contributed by atoms with van der Waals surface area (Å²) >= 11 is 0. The molecule has 4 N–H and O–H groups in total. The van der Waals surface area contributed by atoms with Gasteiger partial charge in [-0.05, 0) is 73.7 Å². The highest BCUT2D eigenvalue weighted by molar-refractivity contribution is 5.98. The molecule has 2 fully saturated rings. The number of amides is 1. The van der Waals surface area contributed by atoms with Crippen molar-refractivity contribution in [2.45, 2.75) is 55.6 Å². The number of piperidine rings is 1. The van der Waals surface area contributed by atoms with Crippen LogP contribution in [0.2, 0.25) is 0 Å². The number of phenols is 1. The molecule has 1 aromatic heterocycles. The fourth-order valence-electron chi connectivity index (χ4n) is 7.18. The molecular formula is C31H33N3O5. The first kappa shape index (κ1) is 25.5. The smallest absolute Gasteiger partial charge is 0.255 e. The third-order valence-electron chi connectivity index (χ3n) is 9.26. The molecule has 1 saturated carbocycles. The number of likely N-dealkylation sites (tertiary alicyclic amines) is 1. The van der Waals surface area contributed by atoms with E-state index < -0.39 is 11.0 Å². The molecule has 2 aromatic carbocycles. The van der Waals surface area contributed by atoms with E-state index in [2.05, 4.69) is 15.2 Å². The van der Waals surface area contributed by atoms with E-state index in [1.807, 2.05) is 37.4 Å². The Morgan fingerprint density at radius 1 is 1.08 bits per heavy atom. The second kappa shape index (κ2) is 9.47. The molecule has 2 aliphatic carbocycles. The molecule has 8 nitrogen and oxygen atoms in total. The number of hydrogen-bond acceptors (Lipinski definition) is 6. The molecule has 2 bridgehead atoms. The minimum atomic E-state index is -1.12. The van der Waals surface area contributed by atoms with Crippen LogP contribution < -0.4 is 10.9 Å². The number of rotatable bonds is 5. The number of likely N-dealkylation sites (N-methyl/N-ethyl adjacent to an activating group) is 1. The number of nitrogens with one attached hydrogen (secondary N) is 2. The van der Waals surface area contributed by atoms with Gasteiger partial charge >= 0.3 is 0 Å². The fourth-order valence-corrected chi connectivity index (χ4v) is 7.18. The summed E-state index contributed by atoms with van der Waals surface area (Å²) in [5.74, 6) is -0.389. The van der Waals surface area contributed by atoms with Crippen molar-refractivity contribution in [1.29, 1.82) is 0 Å². The first-order chi connectivity index (χ1) is 18.7. The van der Waals surface area contributed by atoms with Gasteiger partial charge in [0.05, 0.1) is 11.2 Å². The van der Waals surface area contributed by atoms with Gasteiger partial charge in [-0.15, -0.1) is 0 Å². The standard InChI is InChI=1S/C31H33N3O5/c1-34-15-13-30-17-23(35)10-12-31(30,39)25(34)16-21-6-8-24(28(37)27(21)30)29(38)32-14-11-19-2-4-20(5-3-19)22-7-9-26(36)33-18-22/h2-9,18,25,37,39H,10-17H2,1H3,(H,32,38)(H,33,36)/t25-,30-,31-/m1/s1. The van der Waals surface area contributed by atoms with Crippen LogP contribution in [0.15, 0.2) is 59.5 Å². The van der Waals surface area contributed by atoms with Crippen LogP contribution in [0.1, 0.15) is 52.7 Å². The molecule has 0 radical (unpaired) electrons. The van der Waals surface area contributed by atoms with E-state index >= 15 is 0 Å². The summed E-state index contributed by atoms with van der Waals surface area (Å²) in [7, 11) is 2.01. The Kier molecular flexibility index (Phi) is 6.19. The minimum Gasteiger partial charge on any atom is -0.507 e. The van der Waals surface area contributed by atoms with Crippen LogP contribution in [0.3, 0.4) is 0 Å². The van der Waals surface area contributed by atoms with E-state index in [-0.39, 0.29) is 41.0 Å².